The van der Waals surface area contributed by atoms with Crippen molar-refractivity contribution in [2.24, 2.45) is 4.99 Å². The van der Waals surface area contributed by atoms with Crippen LogP contribution in [0.4, 0.5) is 5.00 Å². The van der Waals surface area contributed by atoms with Gasteiger partial charge in [0.25, 0.3) is 0 Å². The average molecular weight is 376 g/mol. The van der Waals surface area contributed by atoms with Crippen molar-refractivity contribution < 1.29 is 0 Å². The first-order chi connectivity index (χ1) is 12.8. The van der Waals surface area contributed by atoms with Gasteiger partial charge in [0.1, 0.15) is 12.2 Å². The number of anilines is 1. The Hall–Kier alpha value is -2.09. The summed E-state index contributed by atoms with van der Waals surface area (Å²) in [7, 11) is 0. The van der Waals surface area contributed by atoms with Crippen molar-refractivity contribution in [1.82, 2.24) is 25.4 Å². The monoisotopic (exact) mass is 375 g/mol. The Morgan fingerprint density at radius 3 is 2.88 bits per heavy atom. The molecular weight excluding hydrogens is 346 g/mol. The summed E-state index contributed by atoms with van der Waals surface area (Å²) in [5.74, 6) is 1.92. The molecule has 3 rings (SSSR count). The van der Waals surface area contributed by atoms with Crippen LogP contribution >= 0.6 is 11.3 Å². The van der Waals surface area contributed by atoms with E-state index in [-0.39, 0.29) is 0 Å². The molecule has 1 aliphatic heterocycles. The molecule has 0 saturated carbocycles. The number of aliphatic imine (C=N–C) groups is 1. The molecule has 0 aromatic carbocycles. The van der Waals surface area contributed by atoms with Crippen LogP contribution in [-0.4, -0.2) is 52.9 Å². The van der Waals surface area contributed by atoms with Crippen molar-refractivity contribution >= 4 is 22.3 Å². The maximum atomic E-state index is 4.73. The van der Waals surface area contributed by atoms with Gasteiger partial charge in [-0.2, -0.15) is 0 Å². The van der Waals surface area contributed by atoms with Gasteiger partial charge in [0, 0.05) is 38.6 Å². The third-order valence-electron chi connectivity index (χ3n) is 4.62. The third-order valence-corrected chi connectivity index (χ3v) is 5.55. The highest BCUT2D eigenvalue weighted by molar-refractivity contribution is 7.14. The molecule has 3 heterocycles. The quantitative estimate of drug-likeness (QED) is 0.573. The molecule has 26 heavy (non-hydrogen) atoms. The largest absolute Gasteiger partial charge is 0.363 e. The minimum Gasteiger partial charge on any atom is -0.363 e. The molecule has 2 aromatic rings. The van der Waals surface area contributed by atoms with Gasteiger partial charge < -0.3 is 20.1 Å². The summed E-state index contributed by atoms with van der Waals surface area (Å²) in [5, 5.41) is 18.6. The zero-order chi connectivity index (χ0) is 18.2. The topological polar surface area (TPSA) is 70.4 Å². The summed E-state index contributed by atoms with van der Waals surface area (Å²) >= 11 is 1.82. The Bertz CT molecular complexity index is 672. The number of hydrogen-bond donors (Lipinski definition) is 2. The van der Waals surface area contributed by atoms with Crippen LogP contribution in [-0.2, 0) is 13.0 Å². The number of nitrogens with one attached hydrogen (secondary N) is 2. The highest BCUT2D eigenvalue weighted by Crippen LogP contribution is 2.24. The summed E-state index contributed by atoms with van der Waals surface area (Å²) in [6.45, 7) is 8.78. The van der Waals surface area contributed by atoms with Gasteiger partial charge in [-0.1, -0.05) is 6.92 Å². The van der Waals surface area contributed by atoms with E-state index in [4.69, 9.17) is 4.99 Å². The Morgan fingerprint density at radius 1 is 1.35 bits per heavy atom. The summed E-state index contributed by atoms with van der Waals surface area (Å²) in [5.41, 5.74) is 0. The molecule has 0 radical (unpaired) electrons. The average Bonchev–Trinajstić information content (AvgIpc) is 3.34. The first-order valence-electron chi connectivity index (χ1n) is 9.50. The number of nitrogens with zero attached hydrogens (tertiary/aromatic N) is 5. The first kappa shape index (κ1) is 18.7. The maximum absolute atomic E-state index is 4.73. The number of aryl methyl sites for hydroxylation is 1. The molecule has 0 bridgehead atoms. The number of hydrogen-bond acceptors (Lipinski definition) is 5. The van der Waals surface area contributed by atoms with Crippen molar-refractivity contribution in [2.45, 2.75) is 45.7 Å². The van der Waals surface area contributed by atoms with Gasteiger partial charge in [-0.05, 0) is 37.3 Å². The minimum atomic E-state index is 0.477. The van der Waals surface area contributed by atoms with Crippen molar-refractivity contribution in [2.75, 3.05) is 31.1 Å². The van der Waals surface area contributed by atoms with Crippen LogP contribution < -0.4 is 15.5 Å². The number of rotatable bonds is 7. The standard InChI is InChI=1S/C18H29N7S/c1-3-16-23-21-14-25(16)12-9-20-18(19-4-2)22-15-7-10-24(11-8-15)17-6-5-13-26-17/h5-6,13-15H,3-4,7-12H2,1-2H3,(H2,19,20,22). The van der Waals surface area contributed by atoms with Crippen molar-refractivity contribution in [3.8, 4) is 0 Å². The highest BCUT2D eigenvalue weighted by Gasteiger charge is 2.20. The second-order valence-electron chi connectivity index (χ2n) is 6.41. The number of guanidine groups is 1. The fourth-order valence-corrected chi connectivity index (χ4v) is 4.00. The van der Waals surface area contributed by atoms with E-state index in [1.807, 2.05) is 11.3 Å². The molecule has 1 fully saturated rings. The first-order valence-corrected chi connectivity index (χ1v) is 10.4. The van der Waals surface area contributed by atoms with E-state index in [0.29, 0.717) is 12.6 Å². The van der Waals surface area contributed by atoms with Gasteiger partial charge in [0.15, 0.2) is 5.96 Å². The minimum absolute atomic E-state index is 0.477. The zero-order valence-corrected chi connectivity index (χ0v) is 16.5. The van der Waals surface area contributed by atoms with Crippen molar-refractivity contribution in [1.29, 1.82) is 0 Å². The predicted octanol–water partition coefficient (Wildman–Crippen LogP) is 2.13. The molecule has 0 aliphatic carbocycles. The fraction of sp³-hybridized carbons (Fsp3) is 0.611. The fourth-order valence-electron chi connectivity index (χ4n) is 3.22. The molecule has 142 valence electrons. The highest BCUT2D eigenvalue weighted by atomic mass is 32.1. The summed E-state index contributed by atoms with van der Waals surface area (Å²) in [6.07, 6.45) is 4.95. The molecule has 1 aliphatic rings. The van der Waals surface area contributed by atoms with Gasteiger partial charge in [0.2, 0.25) is 0 Å². The van der Waals surface area contributed by atoms with Crippen LogP contribution in [0.15, 0.2) is 28.8 Å². The second kappa shape index (κ2) is 9.56. The Kier molecular flexibility index (Phi) is 6.88. The lowest BCUT2D eigenvalue weighted by atomic mass is 10.1. The van der Waals surface area contributed by atoms with E-state index in [2.05, 4.69) is 61.7 Å². The molecule has 0 amide bonds. The molecule has 0 atom stereocenters. The maximum Gasteiger partial charge on any atom is 0.191 e. The summed E-state index contributed by atoms with van der Waals surface area (Å²) in [6, 6.07) is 4.81. The molecule has 7 nitrogen and oxygen atoms in total. The number of aromatic nitrogens is 3. The number of piperidine rings is 1. The molecule has 0 unspecified atom stereocenters. The van der Waals surface area contributed by atoms with Gasteiger partial charge in [-0.25, -0.2) is 0 Å². The summed E-state index contributed by atoms with van der Waals surface area (Å²) in [4.78, 5) is 7.21. The molecule has 1 saturated heterocycles. The lowest BCUT2D eigenvalue weighted by Crippen LogP contribution is -2.48. The Labute approximate surface area is 159 Å². The van der Waals surface area contributed by atoms with E-state index < -0.39 is 0 Å². The van der Waals surface area contributed by atoms with Crippen LogP contribution in [0.3, 0.4) is 0 Å². The lowest BCUT2D eigenvalue weighted by Gasteiger charge is -2.33. The number of thiophene rings is 1. The normalized spacial score (nSPS) is 16.1. The summed E-state index contributed by atoms with van der Waals surface area (Å²) < 4.78 is 2.08. The Morgan fingerprint density at radius 2 is 2.19 bits per heavy atom. The van der Waals surface area contributed by atoms with E-state index in [1.54, 1.807) is 6.33 Å². The van der Waals surface area contributed by atoms with E-state index >= 15 is 0 Å². The van der Waals surface area contributed by atoms with Crippen LogP contribution in [0.2, 0.25) is 0 Å². The van der Waals surface area contributed by atoms with Gasteiger partial charge >= 0.3 is 0 Å². The van der Waals surface area contributed by atoms with Gasteiger partial charge in [0.05, 0.1) is 11.5 Å². The Balaban J connectivity index is 1.48. The predicted molar refractivity (Wildman–Crippen MR) is 108 cm³/mol. The molecule has 0 spiro atoms. The van der Waals surface area contributed by atoms with Crippen LogP contribution in [0.5, 0.6) is 0 Å². The smallest absolute Gasteiger partial charge is 0.191 e. The third kappa shape index (κ3) is 4.97. The van der Waals surface area contributed by atoms with Crippen LogP contribution in [0.1, 0.15) is 32.5 Å². The van der Waals surface area contributed by atoms with Crippen LogP contribution in [0.25, 0.3) is 0 Å². The molecule has 2 aromatic heterocycles. The van der Waals surface area contributed by atoms with Crippen molar-refractivity contribution in [3.05, 3.63) is 29.7 Å². The molecule has 8 heteroatoms. The van der Waals surface area contributed by atoms with E-state index in [0.717, 1.165) is 57.2 Å². The van der Waals surface area contributed by atoms with Gasteiger partial charge in [-0.15, -0.1) is 21.5 Å². The van der Waals surface area contributed by atoms with Crippen LogP contribution in [0, 0.1) is 0 Å². The molecule has 2 N–H and O–H groups in total. The van der Waals surface area contributed by atoms with Gasteiger partial charge in [-0.3, -0.25) is 4.99 Å². The van der Waals surface area contributed by atoms with E-state index in [9.17, 15) is 0 Å². The van der Waals surface area contributed by atoms with E-state index in [1.165, 1.54) is 5.00 Å². The molecular formula is C18H29N7S. The second-order valence-corrected chi connectivity index (χ2v) is 7.34. The zero-order valence-electron chi connectivity index (χ0n) is 15.7. The SMILES string of the molecule is CCNC(=NCCn1cnnc1CC)NC1CCN(c2cccs2)CC1. The lowest BCUT2D eigenvalue weighted by molar-refractivity contribution is 0.462. The van der Waals surface area contributed by atoms with Crippen molar-refractivity contribution in [3.63, 3.8) is 0 Å².